The number of hydrogen-bond acceptors (Lipinski definition) is 1. The predicted octanol–water partition coefficient (Wildman–Crippen LogP) is 2.07. The minimum absolute atomic E-state index is 0. The van der Waals surface area contributed by atoms with Gasteiger partial charge in [0.1, 0.15) is 5.75 Å². The predicted molar refractivity (Wildman–Crippen MR) is 72.7 cm³/mol. The third-order valence-corrected chi connectivity index (χ3v) is 2.20. The molecule has 0 bridgehead atoms. The van der Waals surface area contributed by atoms with Crippen LogP contribution in [0.3, 0.4) is 0 Å². The summed E-state index contributed by atoms with van der Waals surface area (Å²) in [7, 11) is 1.68. The molecule has 16 heavy (non-hydrogen) atoms. The second-order valence-corrected chi connectivity index (χ2v) is 3.09. The second-order valence-electron chi connectivity index (χ2n) is 3.09. The third kappa shape index (κ3) is 3.78. The first-order chi connectivity index (χ1) is 6.90. The molecule has 0 radical (unpaired) electrons. The van der Waals surface area contributed by atoms with E-state index in [0.717, 1.165) is 5.75 Å². The monoisotopic (exact) mass is 200 g/mol. The molecule has 0 aromatic heterocycles. The first-order valence-electron chi connectivity index (χ1n) is 4.59. The summed E-state index contributed by atoms with van der Waals surface area (Å²) in [6.45, 7) is 0. The number of rotatable bonds is 2. The molecule has 3 heteroatoms. The summed E-state index contributed by atoms with van der Waals surface area (Å²) in [6.07, 6.45) is 0. The fourth-order valence-electron chi connectivity index (χ4n) is 1.41. The van der Waals surface area contributed by atoms with Gasteiger partial charge in [-0.15, -0.1) is 0 Å². The molecule has 2 aromatic rings. The van der Waals surface area contributed by atoms with Crippen LogP contribution in [0.4, 0.5) is 0 Å². The summed E-state index contributed by atoms with van der Waals surface area (Å²) in [6, 6.07) is 18.4. The molecule has 2 aromatic carbocycles. The van der Waals surface area contributed by atoms with E-state index < -0.39 is 0 Å². The van der Waals surface area contributed by atoms with Crippen molar-refractivity contribution in [3.63, 3.8) is 0 Å². The molecular formula is C13H14Li2O. The molecule has 0 unspecified atom stereocenters. The normalized spacial score (nSPS) is 8.56. The Bertz CT molecular complexity index is 398. The molecule has 1 nitrogen and oxygen atoms in total. The van der Waals surface area contributed by atoms with Crippen LogP contribution < -0.4 is 4.74 Å². The van der Waals surface area contributed by atoms with Gasteiger partial charge in [-0.25, -0.2) is 0 Å². The van der Waals surface area contributed by atoms with Crippen molar-refractivity contribution < 1.29 is 4.74 Å². The van der Waals surface area contributed by atoms with Gasteiger partial charge in [0.05, 0.1) is 7.11 Å². The molecule has 74 valence electrons. The molecule has 0 heterocycles. The Morgan fingerprint density at radius 2 is 1.19 bits per heavy atom. The van der Waals surface area contributed by atoms with Crippen molar-refractivity contribution in [3.8, 4) is 16.9 Å². The van der Waals surface area contributed by atoms with E-state index in [1.54, 1.807) is 7.11 Å². The fraction of sp³-hybridized carbons (Fsp3) is 0.0769. The standard InChI is InChI=1S/C13H12O.2Li.2H/c1-14-13-9-7-12(8-10-13)11-5-3-2-4-6-11;;;;/h2-10H,1H3;;;;. The van der Waals surface area contributed by atoms with Gasteiger partial charge in [-0.05, 0) is 23.3 Å². The molecule has 0 saturated heterocycles. The average Bonchev–Trinajstić information content (AvgIpc) is 2.30. The summed E-state index contributed by atoms with van der Waals surface area (Å²) in [5, 5.41) is 0. The minimum atomic E-state index is 0. The fourth-order valence-corrected chi connectivity index (χ4v) is 1.41. The SMILES string of the molecule is COc1ccc(-c2ccccc2)cc1.[LiH].[LiH]. The zero-order valence-electron chi connectivity index (χ0n) is 8.10. The molecule has 0 aliphatic heterocycles. The molecule has 0 amide bonds. The van der Waals surface area contributed by atoms with Gasteiger partial charge in [-0.3, -0.25) is 0 Å². The molecule has 0 saturated carbocycles. The van der Waals surface area contributed by atoms with E-state index in [0.29, 0.717) is 0 Å². The van der Waals surface area contributed by atoms with Gasteiger partial charge in [0.15, 0.2) is 0 Å². The van der Waals surface area contributed by atoms with Crippen molar-refractivity contribution in [3.05, 3.63) is 54.6 Å². The average molecular weight is 200 g/mol. The van der Waals surface area contributed by atoms with Crippen LogP contribution in [0.25, 0.3) is 11.1 Å². The molecule has 0 atom stereocenters. The quantitative estimate of drug-likeness (QED) is 0.674. The van der Waals surface area contributed by atoms with Crippen molar-refractivity contribution in [2.45, 2.75) is 0 Å². The molecule has 0 aliphatic carbocycles. The number of ether oxygens (including phenoxy) is 1. The Balaban J connectivity index is 0.00000112. The van der Waals surface area contributed by atoms with Gasteiger partial charge in [-0.2, -0.15) is 0 Å². The Morgan fingerprint density at radius 3 is 1.69 bits per heavy atom. The van der Waals surface area contributed by atoms with E-state index in [-0.39, 0.29) is 37.7 Å². The van der Waals surface area contributed by atoms with Crippen molar-refractivity contribution in [2.24, 2.45) is 0 Å². The summed E-state index contributed by atoms with van der Waals surface area (Å²) in [5.41, 5.74) is 2.45. The Labute approximate surface area is 121 Å². The van der Waals surface area contributed by atoms with Gasteiger partial charge >= 0.3 is 37.7 Å². The maximum atomic E-state index is 5.11. The molecule has 0 N–H and O–H groups in total. The van der Waals surface area contributed by atoms with Gasteiger partial charge in [0, 0.05) is 0 Å². The van der Waals surface area contributed by atoms with Crippen molar-refractivity contribution in [2.75, 3.05) is 7.11 Å². The maximum absolute atomic E-state index is 5.11. The van der Waals surface area contributed by atoms with Crippen molar-refractivity contribution in [1.29, 1.82) is 0 Å². The number of benzene rings is 2. The molecule has 0 spiro atoms. The van der Waals surface area contributed by atoms with E-state index in [2.05, 4.69) is 24.3 Å². The van der Waals surface area contributed by atoms with Crippen molar-refractivity contribution in [1.82, 2.24) is 0 Å². The Hall–Kier alpha value is -0.565. The van der Waals surface area contributed by atoms with Crippen LogP contribution in [0, 0.1) is 0 Å². The van der Waals surface area contributed by atoms with E-state index >= 15 is 0 Å². The molecular weight excluding hydrogens is 186 g/mol. The van der Waals surface area contributed by atoms with Crippen LogP contribution in [0.1, 0.15) is 0 Å². The van der Waals surface area contributed by atoms with E-state index in [4.69, 9.17) is 4.74 Å². The van der Waals surface area contributed by atoms with E-state index in [1.807, 2.05) is 30.3 Å². The van der Waals surface area contributed by atoms with Crippen LogP contribution in [-0.4, -0.2) is 44.8 Å². The zero-order valence-corrected chi connectivity index (χ0v) is 8.10. The van der Waals surface area contributed by atoms with Crippen molar-refractivity contribution >= 4 is 37.7 Å². The van der Waals surface area contributed by atoms with Crippen LogP contribution in [0.2, 0.25) is 0 Å². The van der Waals surface area contributed by atoms with Crippen LogP contribution in [-0.2, 0) is 0 Å². The molecule has 2 rings (SSSR count). The van der Waals surface area contributed by atoms with Gasteiger partial charge in [0.25, 0.3) is 0 Å². The van der Waals surface area contributed by atoms with Gasteiger partial charge in [-0.1, -0.05) is 42.5 Å². The number of methoxy groups -OCH3 is 1. The second kappa shape index (κ2) is 7.67. The van der Waals surface area contributed by atoms with E-state index in [9.17, 15) is 0 Å². The summed E-state index contributed by atoms with van der Waals surface area (Å²) in [4.78, 5) is 0. The Kier molecular flexibility index (Phi) is 7.40. The van der Waals surface area contributed by atoms with Gasteiger partial charge in [0.2, 0.25) is 0 Å². The first kappa shape index (κ1) is 15.4. The zero-order chi connectivity index (χ0) is 9.80. The molecule has 0 fully saturated rings. The third-order valence-electron chi connectivity index (χ3n) is 2.20. The number of hydrogen-bond donors (Lipinski definition) is 0. The Morgan fingerprint density at radius 1 is 0.688 bits per heavy atom. The summed E-state index contributed by atoms with van der Waals surface area (Å²) in [5.74, 6) is 0.893. The van der Waals surface area contributed by atoms with Crippen LogP contribution in [0.15, 0.2) is 54.6 Å². The molecule has 0 aliphatic rings. The van der Waals surface area contributed by atoms with Crippen LogP contribution >= 0.6 is 0 Å². The topological polar surface area (TPSA) is 9.23 Å². The first-order valence-corrected chi connectivity index (χ1v) is 4.59. The summed E-state index contributed by atoms with van der Waals surface area (Å²) < 4.78 is 5.11. The van der Waals surface area contributed by atoms with E-state index in [1.165, 1.54) is 11.1 Å². The van der Waals surface area contributed by atoms with Crippen LogP contribution in [0.5, 0.6) is 5.75 Å². The summed E-state index contributed by atoms with van der Waals surface area (Å²) >= 11 is 0. The van der Waals surface area contributed by atoms with Gasteiger partial charge < -0.3 is 4.74 Å².